The van der Waals surface area contributed by atoms with E-state index < -0.39 is 0 Å². The van der Waals surface area contributed by atoms with Gasteiger partial charge in [-0.2, -0.15) is 0 Å². The molecular formula is C16H26N2O2. The van der Waals surface area contributed by atoms with E-state index in [-0.39, 0.29) is 6.04 Å². The van der Waals surface area contributed by atoms with E-state index in [0.717, 1.165) is 44.0 Å². The van der Waals surface area contributed by atoms with E-state index in [1.807, 2.05) is 6.07 Å². The highest BCUT2D eigenvalue weighted by atomic mass is 16.5. The van der Waals surface area contributed by atoms with Crippen LogP contribution in [0.5, 0.6) is 5.75 Å². The normalized spacial score (nSPS) is 21.7. The van der Waals surface area contributed by atoms with Crippen LogP contribution in [-0.4, -0.2) is 44.4 Å². The minimum atomic E-state index is -0.0274. The number of hydrogen-bond donors (Lipinski definition) is 1. The van der Waals surface area contributed by atoms with Crippen molar-refractivity contribution in [1.29, 1.82) is 0 Å². The Bertz CT molecular complexity index is 436. The lowest BCUT2D eigenvalue weighted by molar-refractivity contribution is -0.0312. The van der Waals surface area contributed by atoms with Crippen molar-refractivity contribution in [2.24, 2.45) is 5.73 Å². The Hall–Kier alpha value is -1.10. The van der Waals surface area contributed by atoms with Gasteiger partial charge in [0, 0.05) is 31.2 Å². The summed E-state index contributed by atoms with van der Waals surface area (Å²) in [5.41, 5.74) is 8.70. The lowest BCUT2D eigenvalue weighted by Crippen LogP contribution is -2.45. The van der Waals surface area contributed by atoms with Crippen LogP contribution in [0.1, 0.15) is 30.5 Å². The standard InChI is InChI=1S/C16H26N2O2/c1-4-13-10-18(7-8-20-13)11-15(17)14-9-12(2)5-6-16(14)19-3/h5-6,9,13,15H,4,7-8,10-11,17H2,1-3H3. The van der Waals surface area contributed by atoms with Crippen LogP contribution in [0.2, 0.25) is 0 Å². The van der Waals surface area contributed by atoms with Gasteiger partial charge in [-0.05, 0) is 19.4 Å². The van der Waals surface area contributed by atoms with Crippen LogP contribution in [-0.2, 0) is 4.74 Å². The van der Waals surface area contributed by atoms with Gasteiger partial charge in [0.15, 0.2) is 0 Å². The van der Waals surface area contributed by atoms with Crippen LogP contribution in [0.15, 0.2) is 18.2 Å². The summed E-state index contributed by atoms with van der Waals surface area (Å²) in [6.07, 6.45) is 1.40. The van der Waals surface area contributed by atoms with Crippen LogP contribution < -0.4 is 10.5 Å². The van der Waals surface area contributed by atoms with Gasteiger partial charge in [-0.1, -0.05) is 24.6 Å². The molecule has 1 aromatic carbocycles. The van der Waals surface area contributed by atoms with Crippen molar-refractivity contribution >= 4 is 0 Å². The van der Waals surface area contributed by atoms with Crippen molar-refractivity contribution in [2.75, 3.05) is 33.4 Å². The lowest BCUT2D eigenvalue weighted by Gasteiger charge is -2.34. The first-order chi connectivity index (χ1) is 9.63. The van der Waals surface area contributed by atoms with E-state index >= 15 is 0 Å². The molecule has 2 N–H and O–H groups in total. The molecule has 0 saturated carbocycles. The van der Waals surface area contributed by atoms with Crippen molar-refractivity contribution in [1.82, 2.24) is 4.90 Å². The molecule has 1 saturated heterocycles. The summed E-state index contributed by atoms with van der Waals surface area (Å²) in [5.74, 6) is 0.878. The van der Waals surface area contributed by atoms with Crippen LogP contribution in [0.4, 0.5) is 0 Å². The summed E-state index contributed by atoms with van der Waals surface area (Å²) >= 11 is 0. The molecule has 1 aliphatic heterocycles. The maximum atomic E-state index is 6.40. The number of nitrogens with two attached hydrogens (primary N) is 1. The Morgan fingerprint density at radius 1 is 1.50 bits per heavy atom. The molecule has 4 heteroatoms. The summed E-state index contributed by atoms with van der Waals surface area (Å²) in [6.45, 7) is 7.82. The third-order valence-corrected chi connectivity index (χ3v) is 3.92. The predicted molar refractivity (Wildman–Crippen MR) is 81.1 cm³/mol. The molecule has 0 radical (unpaired) electrons. The molecular weight excluding hydrogens is 252 g/mol. The first-order valence-electron chi connectivity index (χ1n) is 7.38. The number of aryl methyl sites for hydroxylation is 1. The molecule has 1 heterocycles. The number of benzene rings is 1. The molecule has 20 heavy (non-hydrogen) atoms. The second kappa shape index (κ2) is 7.07. The molecule has 0 bridgehead atoms. The molecule has 0 aromatic heterocycles. The van der Waals surface area contributed by atoms with Gasteiger partial charge in [-0.25, -0.2) is 0 Å². The number of rotatable bonds is 5. The van der Waals surface area contributed by atoms with Crippen LogP contribution in [0.3, 0.4) is 0 Å². The van der Waals surface area contributed by atoms with Gasteiger partial charge in [0.05, 0.1) is 19.8 Å². The van der Waals surface area contributed by atoms with Crippen LogP contribution in [0.25, 0.3) is 0 Å². The molecule has 1 aliphatic rings. The molecule has 0 amide bonds. The third-order valence-electron chi connectivity index (χ3n) is 3.92. The molecule has 1 aromatic rings. The zero-order valence-corrected chi connectivity index (χ0v) is 12.8. The van der Waals surface area contributed by atoms with Crippen LogP contribution in [0, 0.1) is 6.92 Å². The largest absolute Gasteiger partial charge is 0.496 e. The fraction of sp³-hybridized carbons (Fsp3) is 0.625. The highest BCUT2D eigenvalue weighted by molar-refractivity contribution is 5.39. The van der Waals surface area contributed by atoms with E-state index in [9.17, 15) is 0 Å². The van der Waals surface area contributed by atoms with Crippen molar-refractivity contribution in [3.8, 4) is 5.75 Å². The van der Waals surface area contributed by atoms with Gasteiger partial charge >= 0.3 is 0 Å². The maximum absolute atomic E-state index is 6.40. The summed E-state index contributed by atoms with van der Waals surface area (Å²) in [7, 11) is 1.70. The van der Waals surface area contributed by atoms with Crippen molar-refractivity contribution in [2.45, 2.75) is 32.4 Å². The molecule has 2 rings (SSSR count). The summed E-state index contributed by atoms with van der Waals surface area (Å²) < 4.78 is 11.1. The third kappa shape index (κ3) is 3.72. The second-order valence-electron chi connectivity index (χ2n) is 5.51. The van der Waals surface area contributed by atoms with Gasteiger partial charge in [-0.15, -0.1) is 0 Å². The van der Waals surface area contributed by atoms with Crippen molar-refractivity contribution in [3.05, 3.63) is 29.3 Å². The highest BCUT2D eigenvalue weighted by Gasteiger charge is 2.22. The topological polar surface area (TPSA) is 47.7 Å². The van der Waals surface area contributed by atoms with Gasteiger partial charge in [0.25, 0.3) is 0 Å². The minimum absolute atomic E-state index is 0.0274. The fourth-order valence-electron chi connectivity index (χ4n) is 2.71. The van der Waals surface area contributed by atoms with E-state index in [1.165, 1.54) is 5.56 Å². The van der Waals surface area contributed by atoms with E-state index in [4.69, 9.17) is 15.2 Å². The Balaban J connectivity index is 2.04. The van der Waals surface area contributed by atoms with Gasteiger partial charge in [0.2, 0.25) is 0 Å². The molecule has 1 fully saturated rings. The average molecular weight is 278 g/mol. The Kier molecular flexibility index (Phi) is 5.40. The van der Waals surface area contributed by atoms with Gasteiger partial charge in [0.1, 0.15) is 5.75 Å². The Labute approximate surface area is 121 Å². The molecule has 0 spiro atoms. The second-order valence-corrected chi connectivity index (χ2v) is 5.51. The molecule has 4 nitrogen and oxygen atoms in total. The predicted octanol–water partition coefficient (Wildman–Crippen LogP) is 2.11. The number of methoxy groups -OCH3 is 1. The molecule has 2 atom stereocenters. The highest BCUT2D eigenvalue weighted by Crippen LogP contribution is 2.26. The lowest BCUT2D eigenvalue weighted by atomic mass is 10.0. The van der Waals surface area contributed by atoms with Gasteiger partial charge < -0.3 is 15.2 Å². The number of ether oxygens (including phenoxy) is 2. The van der Waals surface area contributed by atoms with Gasteiger partial charge in [-0.3, -0.25) is 4.90 Å². The molecule has 112 valence electrons. The zero-order chi connectivity index (χ0) is 14.5. The van der Waals surface area contributed by atoms with Crippen LogP contribution >= 0.6 is 0 Å². The SMILES string of the molecule is CCC1CN(CC(N)c2cc(C)ccc2OC)CCO1. The monoisotopic (exact) mass is 278 g/mol. The number of nitrogens with zero attached hydrogens (tertiary/aromatic N) is 1. The molecule has 2 unspecified atom stereocenters. The minimum Gasteiger partial charge on any atom is -0.496 e. The van der Waals surface area contributed by atoms with Crippen molar-refractivity contribution in [3.63, 3.8) is 0 Å². The smallest absolute Gasteiger partial charge is 0.123 e. The fourth-order valence-corrected chi connectivity index (χ4v) is 2.71. The zero-order valence-electron chi connectivity index (χ0n) is 12.8. The average Bonchev–Trinajstić information content (AvgIpc) is 2.47. The first-order valence-corrected chi connectivity index (χ1v) is 7.38. The Morgan fingerprint density at radius 3 is 3.00 bits per heavy atom. The summed E-state index contributed by atoms with van der Waals surface area (Å²) in [4.78, 5) is 2.39. The number of hydrogen-bond acceptors (Lipinski definition) is 4. The Morgan fingerprint density at radius 2 is 2.30 bits per heavy atom. The van der Waals surface area contributed by atoms with E-state index in [2.05, 4.69) is 30.9 Å². The first kappa shape index (κ1) is 15.3. The summed E-state index contributed by atoms with van der Waals surface area (Å²) in [5, 5.41) is 0. The molecule has 0 aliphatic carbocycles. The number of morpholine rings is 1. The van der Waals surface area contributed by atoms with E-state index in [1.54, 1.807) is 7.11 Å². The summed E-state index contributed by atoms with van der Waals surface area (Å²) in [6, 6.07) is 6.15. The van der Waals surface area contributed by atoms with E-state index in [0.29, 0.717) is 6.10 Å². The maximum Gasteiger partial charge on any atom is 0.123 e. The van der Waals surface area contributed by atoms with Crippen molar-refractivity contribution < 1.29 is 9.47 Å². The quantitative estimate of drug-likeness (QED) is 0.896.